The summed E-state index contributed by atoms with van der Waals surface area (Å²) in [4.78, 5) is 31.3. The predicted octanol–water partition coefficient (Wildman–Crippen LogP) is 1.47. The number of carboxylic acids is 1. The Labute approximate surface area is 113 Å². The summed E-state index contributed by atoms with van der Waals surface area (Å²) in [5.74, 6) is -1.50. The largest absolute Gasteiger partial charge is 0.477 e. The summed E-state index contributed by atoms with van der Waals surface area (Å²) in [6.07, 6.45) is 3.00. The summed E-state index contributed by atoms with van der Waals surface area (Å²) in [6, 6.07) is 2.72. The van der Waals surface area contributed by atoms with E-state index < -0.39 is 5.97 Å². The van der Waals surface area contributed by atoms with E-state index in [0.717, 1.165) is 9.88 Å². The van der Waals surface area contributed by atoms with Crippen molar-refractivity contribution in [2.45, 2.75) is 13.5 Å². The second-order valence-electron chi connectivity index (χ2n) is 3.76. The van der Waals surface area contributed by atoms with Gasteiger partial charge in [-0.25, -0.2) is 14.8 Å². The Morgan fingerprint density at radius 2 is 2.21 bits per heavy atom. The van der Waals surface area contributed by atoms with Gasteiger partial charge in [-0.15, -0.1) is 11.3 Å². The van der Waals surface area contributed by atoms with Crippen molar-refractivity contribution in [3.05, 3.63) is 45.7 Å². The van der Waals surface area contributed by atoms with E-state index in [1.165, 1.54) is 29.7 Å². The maximum absolute atomic E-state index is 11.9. The molecule has 0 fully saturated rings. The van der Waals surface area contributed by atoms with Crippen LogP contribution in [0.5, 0.6) is 0 Å². The van der Waals surface area contributed by atoms with Crippen molar-refractivity contribution >= 4 is 23.2 Å². The van der Waals surface area contributed by atoms with Gasteiger partial charge in [0.25, 0.3) is 5.91 Å². The van der Waals surface area contributed by atoms with Gasteiger partial charge in [0.1, 0.15) is 5.69 Å². The van der Waals surface area contributed by atoms with Crippen molar-refractivity contribution in [3.8, 4) is 0 Å². The van der Waals surface area contributed by atoms with Crippen molar-refractivity contribution < 1.29 is 14.7 Å². The average Bonchev–Trinajstić information content (AvgIpc) is 2.82. The fraction of sp³-hybridized carbons (Fsp3) is 0.167. The first kappa shape index (κ1) is 13.2. The van der Waals surface area contributed by atoms with Gasteiger partial charge in [0.15, 0.2) is 0 Å². The molecule has 2 heterocycles. The molecule has 2 aromatic rings. The number of aromatic nitrogens is 2. The summed E-state index contributed by atoms with van der Waals surface area (Å²) in [6.45, 7) is 2.26. The van der Waals surface area contributed by atoms with Gasteiger partial charge < -0.3 is 10.4 Å². The van der Waals surface area contributed by atoms with E-state index in [0.29, 0.717) is 6.54 Å². The number of hydrogen-bond donors (Lipinski definition) is 2. The monoisotopic (exact) mass is 277 g/mol. The summed E-state index contributed by atoms with van der Waals surface area (Å²) in [7, 11) is 0. The number of aromatic carboxylic acids is 1. The zero-order valence-corrected chi connectivity index (χ0v) is 10.9. The number of thiazole rings is 1. The number of hydrogen-bond acceptors (Lipinski definition) is 5. The molecule has 0 saturated carbocycles. The molecule has 0 aliphatic rings. The lowest BCUT2D eigenvalue weighted by Crippen LogP contribution is -2.22. The third-order valence-corrected chi connectivity index (χ3v) is 3.25. The SMILES string of the molecule is Cc1ncc(CNC(=O)c2ccnc(C(=O)O)c2)s1. The maximum atomic E-state index is 11.9. The molecule has 6 nitrogen and oxygen atoms in total. The molecule has 0 spiro atoms. The molecule has 1 amide bonds. The molecular weight excluding hydrogens is 266 g/mol. The Morgan fingerprint density at radius 1 is 1.42 bits per heavy atom. The van der Waals surface area contributed by atoms with Crippen molar-refractivity contribution in [1.29, 1.82) is 0 Å². The molecular formula is C12H11N3O3S. The molecule has 2 rings (SSSR count). The van der Waals surface area contributed by atoms with Crippen LogP contribution in [-0.2, 0) is 6.54 Å². The molecule has 0 atom stereocenters. The van der Waals surface area contributed by atoms with Gasteiger partial charge in [0.2, 0.25) is 0 Å². The molecule has 0 radical (unpaired) electrons. The highest BCUT2D eigenvalue weighted by atomic mass is 32.1. The second-order valence-corrected chi connectivity index (χ2v) is 5.08. The summed E-state index contributed by atoms with van der Waals surface area (Å²) in [5, 5.41) is 12.4. The molecule has 0 aliphatic carbocycles. The first-order valence-electron chi connectivity index (χ1n) is 5.45. The zero-order valence-electron chi connectivity index (χ0n) is 10.1. The van der Waals surface area contributed by atoms with Gasteiger partial charge in [0, 0.05) is 22.8 Å². The molecule has 7 heteroatoms. The predicted molar refractivity (Wildman–Crippen MR) is 69.2 cm³/mol. The third-order valence-electron chi connectivity index (χ3n) is 2.33. The number of nitrogens with zero attached hydrogens (tertiary/aromatic N) is 2. The molecule has 0 aliphatic heterocycles. The lowest BCUT2D eigenvalue weighted by Gasteiger charge is -2.03. The van der Waals surface area contributed by atoms with Crippen LogP contribution < -0.4 is 5.32 Å². The van der Waals surface area contributed by atoms with Gasteiger partial charge in [-0.3, -0.25) is 4.79 Å². The quantitative estimate of drug-likeness (QED) is 0.883. The van der Waals surface area contributed by atoms with Gasteiger partial charge in [0.05, 0.1) is 11.6 Å². The number of carbonyl (C=O) groups excluding carboxylic acids is 1. The number of carbonyl (C=O) groups is 2. The minimum Gasteiger partial charge on any atom is -0.477 e. The highest BCUT2D eigenvalue weighted by Crippen LogP contribution is 2.11. The smallest absolute Gasteiger partial charge is 0.354 e. The topological polar surface area (TPSA) is 92.2 Å². The minimum atomic E-state index is -1.16. The van der Waals surface area contributed by atoms with Crippen LogP contribution in [0.15, 0.2) is 24.5 Å². The normalized spacial score (nSPS) is 10.2. The standard InChI is InChI=1S/C12H11N3O3S/c1-7-14-5-9(19-7)6-15-11(16)8-2-3-13-10(4-8)12(17)18/h2-5H,6H2,1H3,(H,15,16)(H,17,18). The van der Waals surface area contributed by atoms with Crippen LogP contribution in [0.1, 0.15) is 30.7 Å². The first-order valence-corrected chi connectivity index (χ1v) is 6.27. The molecule has 0 unspecified atom stereocenters. The van der Waals surface area contributed by atoms with E-state index in [1.807, 2.05) is 6.92 Å². The van der Waals surface area contributed by atoms with Crippen LogP contribution in [0.25, 0.3) is 0 Å². The van der Waals surface area contributed by atoms with Crippen LogP contribution in [0.2, 0.25) is 0 Å². The van der Waals surface area contributed by atoms with Crippen LogP contribution >= 0.6 is 11.3 Å². The van der Waals surface area contributed by atoms with E-state index in [9.17, 15) is 9.59 Å². The van der Waals surface area contributed by atoms with Gasteiger partial charge in [-0.05, 0) is 19.1 Å². The number of aryl methyl sites for hydroxylation is 1. The highest BCUT2D eigenvalue weighted by molar-refractivity contribution is 7.11. The summed E-state index contributed by atoms with van der Waals surface area (Å²) in [5.41, 5.74) is 0.120. The number of carboxylic acid groups (broad SMARTS) is 1. The Hall–Kier alpha value is -2.28. The minimum absolute atomic E-state index is 0.152. The Morgan fingerprint density at radius 3 is 2.84 bits per heavy atom. The molecule has 98 valence electrons. The first-order chi connectivity index (χ1) is 9.06. The van der Waals surface area contributed by atoms with Crippen LogP contribution in [0.4, 0.5) is 0 Å². The molecule has 19 heavy (non-hydrogen) atoms. The lowest BCUT2D eigenvalue weighted by molar-refractivity contribution is 0.0690. The van der Waals surface area contributed by atoms with Crippen LogP contribution in [0.3, 0.4) is 0 Å². The van der Waals surface area contributed by atoms with Crippen molar-refractivity contribution in [2.75, 3.05) is 0 Å². The van der Waals surface area contributed by atoms with E-state index >= 15 is 0 Å². The summed E-state index contributed by atoms with van der Waals surface area (Å²) >= 11 is 1.50. The Kier molecular flexibility index (Phi) is 3.86. The van der Waals surface area contributed by atoms with Crippen molar-refractivity contribution in [2.24, 2.45) is 0 Å². The van der Waals surface area contributed by atoms with Crippen molar-refractivity contribution in [1.82, 2.24) is 15.3 Å². The van der Waals surface area contributed by atoms with Crippen LogP contribution in [-0.4, -0.2) is 27.0 Å². The molecule has 0 bridgehead atoms. The Balaban J connectivity index is 2.03. The van der Waals surface area contributed by atoms with E-state index in [1.54, 1.807) is 6.20 Å². The summed E-state index contributed by atoms with van der Waals surface area (Å²) < 4.78 is 0. The van der Waals surface area contributed by atoms with Crippen molar-refractivity contribution in [3.63, 3.8) is 0 Å². The van der Waals surface area contributed by atoms with Gasteiger partial charge in [-0.2, -0.15) is 0 Å². The number of rotatable bonds is 4. The van der Waals surface area contributed by atoms with Gasteiger partial charge in [-0.1, -0.05) is 0 Å². The Bertz CT molecular complexity index is 624. The lowest BCUT2D eigenvalue weighted by atomic mass is 10.2. The molecule has 2 aromatic heterocycles. The van der Waals surface area contributed by atoms with E-state index in [-0.39, 0.29) is 17.2 Å². The fourth-order valence-corrected chi connectivity index (χ4v) is 2.18. The second kappa shape index (κ2) is 5.57. The van der Waals surface area contributed by atoms with Gasteiger partial charge >= 0.3 is 5.97 Å². The molecule has 0 saturated heterocycles. The number of pyridine rings is 1. The zero-order chi connectivity index (χ0) is 13.8. The van der Waals surface area contributed by atoms with E-state index in [2.05, 4.69) is 15.3 Å². The molecule has 0 aromatic carbocycles. The fourth-order valence-electron chi connectivity index (χ4n) is 1.45. The third kappa shape index (κ3) is 3.35. The van der Waals surface area contributed by atoms with E-state index in [4.69, 9.17) is 5.11 Å². The number of amides is 1. The number of nitrogens with one attached hydrogen (secondary N) is 1. The molecule has 2 N–H and O–H groups in total. The highest BCUT2D eigenvalue weighted by Gasteiger charge is 2.10. The average molecular weight is 277 g/mol. The maximum Gasteiger partial charge on any atom is 0.354 e. The van der Waals surface area contributed by atoms with Crippen LogP contribution in [0, 0.1) is 6.92 Å².